The van der Waals surface area contributed by atoms with Gasteiger partial charge in [0.15, 0.2) is 0 Å². The molecule has 2 aromatic heterocycles. The van der Waals surface area contributed by atoms with Crippen LogP contribution < -0.4 is 25.2 Å². The van der Waals surface area contributed by atoms with Crippen molar-refractivity contribution in [1.82, 2.24) is 40.3 Å². The van der Waals surface area contributed by atoms with Crippen molar-refractivity contribution in [3.63, 3.8) is 0 Å². The summed E-state index contributed by atoms with van der Waals surface area (Å²) in [6.45, 7) is 12.7. The van der Waals surface area contributed by atoms with E-state index in [0.29, 0.717) is 57.4 Å². The van der Waals surface area contributed by atoms with Crippen LogP contribution in [0.1, 0.15) is 94.7 Å². The van der Waals surface area contributed by atoms with Crippen molar-refractivity contribution in [3.8, 4) is 28.6 Å². The Kier molecular flexibility index (Phi) is 19.1. The number of piperazine rings is 1. The molecule has 0 bridgehead atoms. The number of hydrogen-bond acceptors (Lipinski definition) is 16. The number of thiazole rings is 1. The SMILES string of the molecule is Cc1ncsc1-c1ccc(CNC(=O)[C@@H]2C[C@@H](O)CN2C(=O)[C@@H](NC(=O)CCOCCCN2CCC[C@H]2COc2nc3c(c(N4CCN(C(=O)/C(C#N)=C\C5CC5)[C@@H](CC#N)C4)n2)CCN(c2cccc4cccc(Cl)c24)C3)C(C)(C)C)cc1. The first kappa shape index (κ1) is 59.9. The molecule has 84 heavy (non-hydrogen) atoms. The molecule has 0 spiro atoms. The van der Waals surface area contributed by atoms with E-state index in [9.17, 15) is 34.8 Å². The fraction of sp³-hybridized carbons (Fsp3) is 0.508. The molecule has 6 heterocycles. The highest BCUT2D eigenvalue weighted by Gasteiger charge is 2.45. The van der Waals surface area contributed by atoms with Gasteiger partial charge >= 0.3 is 6.01 Å². The molecule has 3 aromatic carbocycles. The summed E-state index contributed by atoms with van der Waals surface area (Å²) < 4.78 is 12.6. The molecule has 21 heteroatoms. The molecule has 3 N–H and O–H groups in total. The number of fused-ring (bicyclic) bond motifs is 2. The lowest BCUT2D eigenvalue weighted by Crippen LogP contribution is -2.57. The van der Waals surface area contributed by atoms with Gasteiger partial charge in [-0.1, -0.05) is 87.0 Å². The number of aryl methyl sites for hydroxylation is 1. The topological polar surface area (TPSA) is 233 Å². The number of halogens is 1. The highest BCUT2D eigenvalue weighted by Crippen LogP contribution is 2.39. The van der Waals surface area contributed by atoms with E-state index in [4.69, 9.17) is 31.0 Å². The molecule has 19 nitrogen and oxygen atoms in total. The van der Waals surface area contributed by atoms with Gasteiger partial charge < -0.3 is 44.8 Å². The van der Waals surface area contributed by atoms with Gasteiger partial charge in [0.05, 0.1) is 64.6 Å². The molecular weight excluding hydrogens is 1100 g/mol. The summed E-state index contributed by atoms with van der Waals surface area (Å²) in [6.07, 6.45) is 6.39. The largest absolute Gasteiger partial charge is 0.462 e. The third-order valence-corrected chi connectivity index (χ3v) is 18.1. The summed E-state index contributed by atoms with van der Waals surface area (Å²) in [5.74, 6) is -0.463. The van der Waals surface area contributed by atoms with Crippen molar-refractivity contribution < 1.29 is 33.8 Å². The summed E-state index contributed by atoms with van der Waals surface area (Å²) >= 11 is 8.41. The summed E-state index contributed by atoms with van der Waals surface area (Å²) in [7, 11) is 0. The van der Waals surface area contributed by atoms with Gasteiger partial charge in [-0.25, -0.2) is 4.98 Å². The maximum Gasteiger partial charge on any atom is 0.318 e. The average molecular weight is 1180 g/mol. The van der Waals surface area contributed by atoms with Crippen LogP contribution in [0.15, 0.2) is 77.8 Å². The van der Waals surface area contributed by atoms with E-state index in [1.165, 1.54) is 4.90 Å². The summed E-state index contributed by atoms with van der Waals surface area (Å²) in [4.78, 5) is 80.6. The maximum absolute atomic E-state index is 14.2. The first-order chi connectivity index (χ1) is 40.6. The Labute approximate surface area is 500 Å². The second-order valence-electron chi connectivity index (χ2n) is 23.8. The number of ether oxygens (including phenoxy) is 2. The van der Waals surface area contributed by atoms with E-state index >= 15 is 0 Å². The minimum atomic E-state index is -0.946. The van der Waals surface area contributed by atoms with E-state index < -0.39 is 35.6 Å². The molecular formula is C63H75ClN12O7S. The van der Waals surface area contributed by atoms with Gasteiger partial charge in [0.2, 0.25) is 17.7 Å². The molecule has 1 saturated carbocycles. The third kappa shape index (κ3) is 14.1. The minimum absolute atomic E-state index is 0.0139. The number of hydrogen-bond donors (Lipinski definition) is 3. The van der Waals surface area contributed by atoms with Crippen molar-refractivity contribution >= 4 is 68.8 Å². The number of carbonyl (C=O) groups excluding carboxylic acids is 4. The van der Waals surface area contributed by atoms with Crippen LogP contribution in [-0.2, 0) is 43.4 Å². The predicted octanol–water partition coefficient (Wildman–Crippen LogP) is 7.52. The number of nitrogens with zero attached hydrogens (tertiary/aromatic N) is 10. The van der Waals surface area contributed by atoms with Crippen LogP contribution in [0, 0.1) is 40.9 Å². The van der Waals surface area contributed by atoms with Gasteiger partial charge in [0.25, 0.3) is 5.91 Å². The van der Waals surface area contributed by atoms with Crippen molar-refractivity contribution in [3.05, 3.63) is 105 Å². The van der Waals surface area contributed by atoms with Crippen molar-refractivity contribution in [1.29, 1.82) is 10.5 Å². The Bertz CT molecular complexity index is 3330. The molecule has 5 atom stereocenters. The van der Waals surface area contributed by atoms with E-state index in [1.54, 1.807) is 22.3 Å². The quantitative estimate of drug-likeness (QED) is 0.0366. The normalized spacial score (nSPS) is 20.5. The number of rotatable bonds is 21. The van der Waals surface area contributed by atoms with Gasteiger partial charge in [0.1, 0.15) is 36.2 Å². The van der Waals surface area contributed by atoms with Gasteiger partial charge in [-0.05, 0) is 92.0 Å². The van der Waals surface area contributed by atoms with Gasteiger partial charge in [-0.3, -0.25) is 24.1 Å². The second-order valence-corrected chi connectivity index (χ2v) is 25.1. The monoisotopic (exact) mass is 1180 g/mol. The number of carbonyl (C=O) groups is 4. The second kappa shape index (κ2) is 26.8. The molecule has 5 aromatic rings. The lowest BCUT2D eigenvalue weighted by molar-refractivity contribution is -0.144. The third-order valence-electron chi connectivity index (χ3n) is 16.8. The number of nitriles is 2. The van der Waals surface area contributed by atoms with Crippen LogP contribution in [0.25, 0.3) is 21.2 Å². The molecule has 4 fully saturated rings. The molecule has 0 unspecified atom stereocenters. The minimum Gasteiger partial charge on any atom is -0.462 e. The smallest absolute Gasteiger partial charge is 0.318 e. The molecule has 3 saturated heterocycles. The maximum atomic E-state index is 14.2. The van der Waals surface area contributed by atoms with Crippen LogP contribution >= 0.6 is 22.9 Å². The van der Waals surface area contributed by atoms with Crippen LogP contribution in [0.3, 0.4) is 0 Å². The van der Waals surface area contributed by atoms with E-state index in [-0.39, 0.29) is 80.2 Å². The standard InChI is InChI=1S/C63H75ClN12O7S/c1-40-56(84-39-68-40)44-18-16-42(17-19-44)34-67-59(79)53-32-48(77)36-76(53)61(81)57(63(2,3)4)70-54(78)22-30-82-29-8-25-72-24-7-11-47(72)38-83-62-69-51-37-73(52-13-6-10-43-9-5-12-50(64)55(43)52)26-21-49(51)58(71-62)74-27-28-75(46(35-74)20-23-65)60(80)45(33-66)31-41-14-15-41/h5-6,9-10,12-13,16-19,31,39,41,46-48,53,57,77H,7-8,11,14-15,20-22,24-30,32,34-38H2,1-4H3,(H,67,79)(H,70,78)/b45-31-/t46-,47-,48+,53-,57+/m0/s1. The average Bonchev–Trinajstić information content (AvgIpc) is 1.57. The Balaban J connectivity index is 0.728. The van der Waals surface area contributed by atoms with Crippen LogP contribution in [-0.4, -0.2) is 154 Å². The van der Waals surface area contributed by atoms with Crippen molar-refractivity contribution in [2.45, 2.75) is 129 Å². The number of allylic oxidation sites excluding steroid dienone is 1. The fourth-order valence-corrected chi connectivity index (χ4v) is 13.2. The van der Waals surface area contributed by atoms with E-state index in [0.717, 1.165) is 100 Å². The number of aliphatic hydroxyl groups excluding tert-OH is 1. The van der Waals surface area contributed by atoms with Gasteiger partial charge in [-0.2, -0.15) is 20.5 Å². The predicted molar refractivity (Wildman–Crippen MR) is 322 cm³/mol. The van der Waals surface area contributed by atoms with Crippen LogP contribution in [0.5, 0.6) is 6.01 Å². The molecule has 0 radical (unpaired) electrons. The zero-order valence-electron chi connectivity index (χ0n) is 48.4. The molecule has 5 aliphatic rings. The summed E-state index contributed by atoms with van der Waals surface area (Å²) in [5.41, 5.74) is 7.03. The lowest BCUT2D eigenvalue weighted by Gasteiger charge is -2.42. The number of benzene rings is 3. The van der Waals surface area contributed by atoms with Crippen LogP contribution in [0.2, 0.25) is 5.02 Å². The van der Waals surface area contributed by atoms with E-state index in [1.807, 2.05) is 75.7 Å². The molecule has 10 rings (SSSR count). The Morgan fingerprint density at radius 1 is 0.940 bits per heavy atom. The first-order valence-electron chi connectivity index (χ1n) is 29.4. The van der Waals surface area contributed by atoms with Gasteiger partial charge in [0, 0.05) is 87.9 Å². The van der Waals surface area contributed by atoms with E-state index in [2.05, 4.69) is 60.7 Å². The molecule has 4 aliphatic heterocycles. The number of β-amino-alcohol motifs (C(OH)–C–C–N with tert-alkyl or cyclic N) is 1. The number of aliphatic hydroxyl groups is 1. The number of nitrogens with one attached hydrogen (secondary N) is 2. The first-order valence-corrected chi connectivity index (χ1v) is 30.7. The zero-order chi connectivity index (χ0) is 59.1. The number of anilines is 2. The Hall–Kier alpha value is -7.20. The Morgan fingerprint density at radius 2 is 1.74 bits per heavy atom. The molecule has 1 aliphatic carbocycles. The molecule has 4 amide bonds. The number of amides is 4. The van der Waals surface area contributed by atoms with Crippen molar-refractivity contribution in [2.24, 2.45) is 11.3 Å². The number of likely N-dealkylation sites (tertiary alicyclic amines) is 2. The number of aromatic nitrogens is 3. The summed E-state index contributed by atoms with van der Waals surface area (Å²) in [6, 6.07) is 22.5. The molecule has 442 valence electrons. The van der Waals surface area contributed by atoms with Gasteiger partial charge in [-0.15, -0.1) is 11.3 Å². The van der Waals surface area contributed by atoms with Crippen molar-refractivity contribution in [2.75, 3.05) is 75.4 Å². The highest BCUT2D eigenvalue weighted by atomic mass is 35.5. The van der Waals surface area contributed by atoms with Crippen LogP contribution in [0.4, 0.5) is 11.5 Å². The fourth-order valence-electron chi connectivity index (χ4n) is 12.1. The summed E-state index contributed by atoms with van der Waals surface area (Å²) in [5, 5.41) is 39.2. The highest BCUT2D eigenvalue weighted by molar-refractivity contribution is 7.13. The zero-order valence-corrected chi connectivity index (χ0v) is 50.0. The Morgan fingerprint density at radius 3 is 2.48 bits per heavy atom. The lowest BCUT2D eigenvalue weighted by atomic mass is 9.85.